The van der Waals surface area contributed by atoms with E-state index in [4.69, 9.17) is 10.2 Å². The number of likely N-dealkylation sites (tertiary alicyclic amines) is 1. The molecular formula is C22H37NO5. The summed E-state index contributed by atoms with van der Waals surface area (Å²) in [6.07, 6.45) is 8.92. The minimum atomic E-state index is -1.41. The summed E-state index contributed by atoms with van der Waals surface area (Å²) < 4.78 is 4.40. The average molecular weight is 396 g/mol. The number of ether oxygens (including phenoxy) is 1. The van der Waals surface area contributed by atoms with Gasteiger partial charge in [-0.15, -0.1) is 0 Å². The Balaban J connectivity index is 0.000000368. The highest BCUT2D eigenvalue weighted by atomic mass is 16.5. The van der Waals surface area contributed by atoms with Crippen molar-refractivity contribution in [1.82, 2.24) is 4.90 Å². The molecule has 0 radical (unpaired) electrons. The van der Waals surface area contributed by atoms with Crippen LogP contribution in [0.4, 0.5) is 0 Å². The lowest BCUT2D eigenvalue weighted by atomic mass is 10.1. The highest BCUT2D eigenvalue weighted by Crippen LogP contribution is 2.15. The molecule has 0 spiro atoms. The van der Waals surface area contributed by atoms with E-state index in [0.29, 0.717) is 12.2 Å². The van der Waals surface area contributed by atoms with Crippen molar-refractivity contribution in [2.75, 3.05) is 26.7 Å². The number of carboxylic acids is 1. The van der Waals surface area contributed by atoms with Crippen molar-refractivity contribution in [3.8, 4) is 0 Å². The number of hydrogen-bond acceptors (Lipinski definition) is 5. The van der Waals surface area contributed by atoms with Crippen LogP contribution in [0.25, 0.3) is 0 Å². The van der Waals surface area contributed by atoms with Crippen LogP contribution in [0.1, 0.15) is 70.5 Å². The molecule has 1 aliphatic heterocycles. The van der Waals surface area contributed by atoms with E-state index >= 15 is 0 Å². The van der Waals surface area contributed by atoms with Gasteiger partial charge in [-0.3, -0.25) is 4.79 Å². The fourth-order valence-electron chi connectivity index (χ4n) is 2.74. The number of aliphatic hydroxyl groups is 1. The fourth-order valence-corrected chi connectivity index (χ4v) is 2.74. The van der Waals surface area contributed by atoms with Crippen LogP contribution in [0.3, 0.4) is 0 Å². The lowest BCUT2D eigenvalue weighted by Gasteiger charge is -2.03. The molecule has 0 bridgehead atoms. The smallest absolute Gasteiger partial charge is 0.337 e. The summed E-state index contributed by atoms with van der Waals surface area (Å²) in [4.78, 5) is 22.4. The molecule has 6 heteroatoms. The van der Waals surface area contributed by atoms with E-state index < -0.39 is 12.1 Å². The number of benzene rings is 1. The van der Waals surface area contributed by atoms with Crippen molar-refractivity contribution in [1.29, 1.82) is 0 Å². The van der Waals surface area contributed by atoms with Crippen molar-refractivity contribution < 1.29 is 24.5 Å². The number of aliphatic hydroxyl groups excluding tert-OH is 1. The Morgan fingerprint density at radius 2 is 1.46 bits per heavy atom. The standard InChI is InChI=1S/C8H8O3.C5H11N.C5H10.C4H8O2/c9-7(8(10)11)6-4-2-1-3-5-6;1-6-4-2-3-5-6;1-2-4-5-3-1;1-3-6-4(2)5/h1-5,7,9H,(H,10,11);2-5H2,1H3;1-5H2;3H2,1-2H3. The SMILES string of the molecule is C1CCCC1.CCOC(C)=O.CN1CCCC1.O=C(O)C(O)c1ccccc1. The topological polar surface area (TPSA) is 87.1 Å². The van der Waals surface area contributed by atoms with Crippen LogP contribution in [-0.2, 0) is 14.3 Å². The van der Waals surface area contributed by atoms with Crippen LogP contribution in [0.15, 0.2) is 30.3 Å². The summed E-state index contributed by atoms with van der Waals surface area (Å²) in [5, 5.41) is 17.4. The molecule has 2 aliphatic rings. The molecule has 0 amide bonds. The summed E-state index contributed by atoms with van der Waals surface area (Å²) in [5.41, 5.74) is 0.403. The molecular weight excluding hydrogens is 358 g/mol. The van der Waals surface area contributed by atoms with E-state index in [9.17, 15) is 9.59 Å². The van der Waals surface area contributed by atoms with Gasteiger partial charge in [0.25, 0.3) is 0 Å². The molecule has 1 aromatic carbocycles. The second kappa shape index (κ2) is 17.2. The molecule has 1 unspecified atom stereocenters. The lowest BCUT2D eigenvalue weighted by Crippen LogP contribution is -2.10. The van der Waals surface area contributed by atoms with E-state index in [-0.39, 0.29) is 5.97 Å². The molecule has 1 heterocycles. The van der Waals surface area contributed by atoms with E-state index in [1.54, 1.807) is 37.3 Å². The van der Waals surface area contributed by atoms with Gasteiger partial charge >= 0.3 is 11.9 Å². The molecule has 1 aromatic rings. The maximum atomic E-state index is 10.2. The molecule has 3 rings (SSSR count). The first-order valence-corrected chi connectivity index (χ1v) is 10.2. The van der Waals surface area contributed by atoms with Crippen LogP contribution in [-0.4, -0.2) is 53.8 Å². The summed E-state index contributed by atoms with van der Waals surface area (Å²) >= 11 is 0. The number of carbonyl (C=O) groups is 2. The molecule has 0 aromatic heterocycles. The second-order valence-corrected chi connectivity index (χ2v) is 6.85. The largest absolute Gasteiger partial charge is 0.479 e. The number of carbonyl (C=O) groups excluding carboxylic acids is 1. The van der Waals surface area contributed by atoms with Gasteiger partial charge in [-0.1, -0.05) is 62.4 Å². The van der Waals surface area contributed by atoms with Gasteiger partial charge in [0.15, 0.2) is 6.10 Å². The Morgan fingerprint density at radius 3 is 1.71 bits per heavy atom. The number of aliphatic carboxylic acids is 1. The lowest BCUT2D eigenvalue weighted by molar-refractivity contribution is -0.147. The van der Waals surface area contributed by atoms with Gasteiger partial charge in [0, 0.05) is 6.92 Å². The predicted octanol–water partition coefficient (Wildman–Crippen LogP) is 4.04. The molecule has 1 aliphatic carbocycles. The molecule has 6 nitrogen and oxygen atoms in total. The minimum Gasteiger partial charge on any atom is -0.479 e. The predicted molar refractivity (Wildman–Crippen MR) is 111 cm³/mol. The number of esters is 1. The zero-order valence-electron chi connectivity index (χ0n) is 17.6. The Bertz CT molecular complexity index is 503. The third-order valence-corrected chi connectivity index (χ3v) is 4.28. The summed E-state index contributed by atoms with van der Waals surface area (Å²) in [5.74, 6) is -1.44. The van der Waals surface area contributed by atoms with Gasteiger partial charge in [-0.05, 0) is 45.5 Å². The molecule has 1 saturated heterocycles. The van der Waals surface area contributed by atoms with Crippen molar-refractivity contribution >= 4 is 11.9 Å². The van der Waals surface area contributed by atoms with E-state index in [0.717, 1.165) is 0 Å². The van der Waals surface area contributed by atoms with Crippen LogP contribution < -0.4 is 0 Å². The zero-order chi connectivity index (χ0) is 21.2. The first-order valence-electron chi connectivity index (χ1n) is 10.2. The van der Waals surface area contributed by atoms with Crippen molar-refractivity contribution in [2.24, 2.45) is 0 Å². The summed E-state index contributed by atoms with van der Waals surface area (Å²) in [6.45, 7) is 6.29. The fraction of sp³-hybridized carbons (Fsp3) is 0.636. The summed E-state index contributed by atoms with van der Waals surface area (Å²) in [6, 6.07) is 8.26. The highest BCUT2D eigenvalue weighted by Gasteiger charge is 2.14. The van der Waals surface area contributed by atoms with E-state index in [1.807, 2.05) is 0 Å². The minimum absolute atomic E-state index is 0.211. The number of carboxylic acid groups (broad SMARTS) is 1. The monoisotopic (exact) mass is 395 g/mol. The van der Waals surface area contributed by atoms with Crippen LogP contribution in [0.5, 0.6) is 0 Å². The Labute approximate surface area is 169 Å². The first-order chi connectivity index (χ1) is 13.4. The van der Waals surface area contributed by atoms with Gasteiger partial charge in [-0.25, -0.2) is 4.79 Å². The number of rotatable bonds is 3. The maximum Gasteiger partial charge on any atom is 0.337 e. The van der Waals surface area contributed by atoms with Gasteiger partial charge in [0.1, 0.15) is 0 Å². The number of hydrogen-bond donors (Lipinski definition) is 2. The molecule has 28 heavy (non-hydrogen) atoms. The van der Waals surface area contributed by atoms with E-state index in [2.05, 4.69) is 16.7 Å². The van der Waals surface area contributed by atoms with Gasteiger partial charge < -0.3 is 19.8 Å². The molecule has 1 saturated carbocycles. The van der Waals surface area contributed by atoms with Crippen molar-refractivity contribution in [3.63, 3.8) is 0 Å². The van der Waals surface area contributed by atoms with E-state index in [1.165, 1.54) is 65.0 Å². The maximum absolute atomic E-state index is 10.2. The Kier molecular flexibility index (Phi) is 16.0. The van der Waals surface area contributed by atoms with Crippen molar-refractivity contribution in [2.45, 2.75) is 64.9 Å². The highest BCUT2D eigenvalue weighted by molar-refractivity contribution is 5.73. The average Bonchev–Trinajstić information content (AvgIpc) is 3.39. The first kappa shape index (κ1) is 26.1. The second-order valence-electron chi connectivity index (χ2n) is 6.85. The van der Waals surface area contributed by atoms with Gasteiger partial charge in [0.2, 0.25) is 0 Å². The number of nitrogens with zero attached hydrogens (tertiary/aromatic N) is 1. The van der Waals surface area contributed by atoms with Crippen LogP contribution >= 0.6 is 0 Å². The molecule has 2 fully saturated rings. The van der Waals surface area contributed by atoms with Crippen LogP contribution in [0.2, 0.25) is 0 Å². The van der Waals surface area contributed by atoms with Crippen LogP contribution in [0, 0.1) is 0 Å². The third-order valence-electron chi connectivity index (χ3n) is 4.28. The third kappa shape index (κ3) is 15.2. The Morgan fingerprint density at radius 1 is 1.00 bits per heavy atom. The van der Waals surface area contributed by atoms with Gasteiger partial charge in [0.05, 0.1) is 6.61 Å². The Hall–Kier alpha value is -1.92. The molecule has 2 N–H and O–H groups in total. The molecule has 1 atom stereocenters. The van der Waals surface area contributed by atoms with Gasteiger partial charge in [-0.2, -0.15) is 0 Å². The quantitative estimate of drug-likeness (QED) is 0.751. The summed E-state index contributed by atoms with van der Waals surface area (Å²) in [7, 11) is 2.17. The van der Waals surface area contributed by atoms with Crippen molar-refractivity contribution in [3.05, 3.63) is 35.9 Å². The normalized spacial score (nSPS) is 16.3. The molecule has 160 valence electrons. The zero-order valence-corrected chi connectivity index (χ0v) is 17.6.